The summed E-state index contributed by atoms with van der Waals surface area (Å²) in [5.74, 6) is 0.783. The van der Waals surface area contributed by atoms with E-state index in [1.807, 2.05) is 30.3 Å². The number of aromatic nitrogens is 3. The van der Waals surface area contributed by atoms with Crippen molar-refractivity contribution in [3.63, 3.8) is 0 Å². The molecule has 0 unspecified atom stereocenters. The highest BCUT2D eigenvalue weighted by atomic mass is 32.2. The summed E-state index contributed by atoms with van der Waals surface area (Å²) in [4.78, 5) is 12.1. The topological polar surface area (TPSA) is 71.0 Å². The van der Waals surface area contributed by atoms with Crippen LogP contribution < -0.4 is 4.74 Å². The molecule has 2 N–H and O–H groups in total. The van der Waals surface area contributed by atoms with Gasteiger partial charge in [-0.2, -0.15) is 0 Å². The van der Waals surface area contributed by atoms with Crippen molar-refractivity contribution in [1.82, 2.24) is 15.0 Å². The van der Waals surface area contributed by atoms with Gasteiger partial charge >= 0.3 is 0 Å². The fourth-order valence-electron chi connectivity index (χ4n) is 2.04. The molecule has 2 heterocycles. The number of methoxy groups -OCH3 is 1. The van der Waals surface area contributed by atoms with Crippen LogP contribution >= 0.6 is 11.8 Å². The van der Waals surface area contributed by atoms with Crippen molar-refractivity contribution < 1.29 is 9.84 Å². The number of pyridine rings is 1. The van der Waals surface area contributed by atoms with Crippen LogP contribution in [-0.4, -0.2) is 27.2 Å². The first-order valence-corrected chi connectivity index (χ1v) is 7.33. The molecule has 3 rings (SSSR count). The van der Waals surface area contributed by atoms with Crippen LogP contribution in [0.2, 0.25) is 0 Å². The summed E-state index contributed by atoms with van der Waals surface area (Å²) >= 11 is 1.40. The molecular formula is C15H15N3O2S. The maximum absolute atomic E-state index is 9.79. The van der Waals surface area contributed by atoms with E-state index in [2.05, 4.69) is 15.0 Å². The van der Waals surface area contributed by atoms with Crippen LogP contribution in [0.15, 0.2) is 46.7 Å². The number of aliphatic hydroxyl groups is 1. The van der Waals surface area contributed by atoms with Crippen LogP contribution in [0.3, 0.4) is 0 Å². The first-order valence-electron chi connectivity index (χ1n) is 6.52. The summed E-state index contributed by atoms with van der Waals surface area (Å²) in [6.45, 7) is 1.73. The van der Waals surface area contributed by atoms with E-state index in [1.54, 1.807) is 20.2 Å². The predicted molar refractivity (Wildman–Crippen MR) is 81.6 cm³/mol. The number of fused-ring (bicyclic) bond motifs is 1. The van der Waals surface area contributed by atoms with Crippen LogP contribution in [0, 0.1) is 0 Å². The Balaban J connectivity index is 1.95. The Hall–Kier alpha value is -2.05. The average Bonchev–Trinajstić information content (AvgIpc) is 2.88. The number of hydrogen-bond acceptors (Lipinski definition) is 5. The second kappa shape index (κ2) is 5.75. The highest BCUT2D eigenvalue weighted by molar-refractivity contribution is 7.99. The van der Waals surface area contributed by atoms with E-state index < -0.39 is 6.10 Å². The number of H-pyrrole nitrogens is 1. The van der Waals surface area contributed by atoms with Gasteiger partial charge in [0.1, 0.15) is 10.8 Å². The Bertz CT molecular complexity index is 770. The summed E-state index contributed by atoms with van der Waals surface area (Å²) in [7, 11) is 1.63. The molecular weight excluding hydrogens is 286 g/mol. The van der Waals surface area contributed by atoms with Gasteiger partial charge in [0.2, 0.25) is 0 Å². The second-order valence-corrected chi connectivity index (χ2v) is 5.58. The molecule has 108 valence electrons. The monoisotopic (exact) mass is 301 g/mol. The molecule has 5 nitrogen and oxygen atoms in total. The molecule has 0 bridgehead atoms. The molecule has 1 atom stereocenters. The summed E-state index contributed by atoms with van der Waals surface area (Å²) in [5, 5.41) is 11.3. The van der Waals surface area contributed by atoms with Gasteiger partial charge < -0.3 is 14.8 Å². The summed E-state index contributed by atoms with van der Waals surface area (Å²) in [6.07, 6.45) is 1.14. The van der Waals surface area contributed by atoms with Gasteiger partial charge in [-0.25, -0.2) is 9.97 Å². The summed E-state index contributed by atoms with van der Waals surface area (Å²) in [6, 6.07) is 9.37. The molecule has 0 saturated carbocycles. The second-order valence-electron chi connectivity index (χ2n) is 4.60. The van der Waals surface area contributed by atoms with E-state index in [9.17, 15) is 5.11 Å². The van der Waals surface area contributed by atoms with Gasteiger partial charge in [0.05, 0.1) is 24.2 Å². The van der Waals surface area contributed by atoms with Crippen LogP contribution in [0.5, 0.6) is 5.75 Å². The van der Waals surface area contributed by atoms with Gasteiger partial charge in [-0.15, -0.1) is 0 Å². The van der Waals surface area contributed by atoms with Crippen molar-refractivity contribution in [2.75, 3.05) is 7.11 Å². The number of rotatable bonds is 4. The number of benzene rings is 1. The van der Waals surface area contributed by atoms with Crippen molar-refractivity contribution >= 4 is 22.8 Å². The Morgan fingerprint density at radius 1 is 1.33 bits per heavy atom. The maximum atomic E-state index is 9.79. The zero-order chi connectivity index (χ0) is 14.8. The van der Waals surface area contributed by atoms with E-state index in [4.69, 9.17) is 4.74 Å². The first kappa shape index (κ1) is 13.9. The van der Waals surface area contributed by atoms with Crippen molar-refractivity contribution in [3.8, 4) is 5.75 Å². The normalized spacial score (nSPS) is 12.5. The van der Waals surface area contributed by atoms with Gasteiger partial charge in [0.15, 0.2) is 5.16 Å². The minimum absolute atomic E-state index is 0.564. The quantitative estimate of drug-likeness (QED) is 0.774. The van der Waals surface area contributed by atoms with Crippen molar-refractivity contribution in [2.24, 2.45) is 0 Å². The number of nitrogens with one attached hydrogen (secondary N) is 1. The Morgan fingerprint density at radius 3 is 2.95 bits per heavy atom. The van der Waals surface area contributed by atoms with Crippen LogP contribution in [0.4, 0.5) is 0 Å². The fraction of sp³-hybridized carbons (Fsp3) is 0.200. The van der Waals surface area contributed by atoms with Gasteiger partial charge in [-0.3, -0.25) is 0 Å². The summed E-state index contributed by atoms with van der Waals surface area (Å²) in [5.41, 5.74) is 2.57. The molecule has 3 aromatic rings. The number of imidazole rings is 1. The van der Waals surface area contributed by atoms with Crippen molar-refractivity contribution in [1.29, 1.82) is 0 Å². The first-order chi connectivity index (χ1) is 10.2. The maximum Gasteiger partial charge on any atom is 0.172 e. The number of nitrogens with zero attached hydrogens (tertiary/aromatic N) is 2. The van der Waals surface area contributed by atoms with Crippen LogP contribution in [0.1, 0.15) is 18.6 Å². The lowest BCUT2D eigenvalue weighted by Gasteiger charge is -2.08. The lowest BCUT2D eigenvalue weighted by atomic mass is 10.2. The van der Waals surface area contributed by atoms with Crippen LogP contribution in [0.25, 0.3) is 11.0 Å². The molecule has 0 fully saturated rings. The standard InChI is InChI=1S/C15H15N3O2S/c1-9(19)11-4-3-7-16-14(11)21-15-17-12-6-5-10(20-2)8-13(12)18-15/h3-9,19H,1-2H3,(H,17,18)/t9-/m1/s1. The number of aromatic amines is 1. The molecule has 6 heteroatoms. The van der Waals surface area contributed by atoms with E-state index in [-0.39, 0.29) is 0 Å². The fourth-order valence-corrected chi connectivity index (χ4v) is 3.00. The summed E-state index contributed by atoms with van der Waals surface area (Å²) < 4.78 is 5.20. The van der Waals surface area contributed by atoms with Crippen molar-refractivity contribution in [3.05, 3.63) is 42.1 Å². The molecule has 0 aliphatic rings. The molecule has 0 spiro atoms. The molecule has 2 aromatic heterocycles. The van der Waals surface area contributed by atoms with Crippen LogP contribution in [-0.2, 0) is 0 Å². The lowest BCUT2D eigenvalue weighted by Crippen LogP contribution is -1.96. The largest absolute Gasteiger partial charge is 0.497 e. The Kier molecular flexibility index (Phi) is 3.81. The smallest absolute Gasteiger partial charge is 0.172 e. The number of ether oxygens (including phenoxy) is 1. The SMILES string of the molecule is COc1ccc2nc(Sc3ncccc3[C@@H](C)O)[nH]c2c1. The third-order valence-corrected chi connectivity index (χ3v) is 4.03. The van der Waals surface area contributed by atoms with Gasteiger partial charge in [-0.05, 0) is 36.9 Å². The predicted octanol–water partition coefficient (Wildman–Crippen LogP) is 3.17. The number of aliphatic hydroxyl groups excluding tert-OH is 1. The third kappa shape index (κ3) is 2.86. The van der Waals surface area contributed by atoms with Gasteiger partial charge in [-0.1, -0.05) is 6.07 Å². The molecule has 1 aromatic carbocycles. The number of hydrogen-bond donors (Lipinski definition) is 2. The molecule has 0 aliphatic heterocycles. The lowest BCUT2D eigenvalue weighted by molar-refractivity contribution is 0.195. The molecule has 0 saturated heterocycles. The van der Waals surface area contributed by atoms with E-state index >= 15 is 0 Å². The highest BCUT2D eigenvalue weighted by Crippen LogP contribution is 2.31. The van der Waals surface area contributed by atoms with E-state index in [1.165, 1.54) is 11.8 Å². The minimum Gasteiger partial charge on any atom is -0.497 e. The zero-order valence-corrected chi connectivity index (χ0v) is 12.5. The van der Waals surface area contributed by atoms with Gasteiger partial charge in [0, 0.05) is 17.8 Å². The van der Waals surface area contributed by atoms with E-state index in [0.717, 1.165) is 32.5 Å². The minimum atomic E-state index is -0.564. The molecule has 0 radical (unpaired) electrons. The molecule has 21 heavy (non-hydrogen) atoms. The van der Waals surface area contributed by atoms with Gasteiger partial charge in [0.25, 0.3) is 0 Å². The highest BCUT2D eigenvalue weighted by Gasteiger charge is 2.12. The Morgan fingerprint density at radius 2 is 2.19 bits per heavy atom. The third-order valence-electron chi connectivity index (χ3n) is 3.11. The van der Waals surface area contributed by atoms with E-state index in [0.29, 0.717) is 0 Å². The average molecular weight is 301 g/mol. The van der Waals surface area contributed by atoms with Crippen molar-refractivity contribution in [2.45, 2.75) is 23.2 Å². The molecule has 0 aliphatic carbocycles. The molecule has 0 amide bonds. The zero-order valence-electron chi connectivity index (χ0n) is 11.7. The Labute approximate surface area is 126 Å².